The van der Waals surface area contributed by atoms with Gasteiger partial charge in [-0.05, 0) is 44.6 Å². The quantitative estimate of drug-likeness (QED) is 0.911. The van der Waals surface area contributed by atoms with E-state index < -0.39 is 0 Å². The van der Waals surface area contributed by atoms with Gasteiger partial charge in [-0.2, -0.15) is 5.26 Å². The third-order valence-electron chi connectivity index (χ3n) is 3.55. The molecule has 2 rings (SSSR count). The lowest BCUT2D eigenvalue weighted by Crippen LogP contribution is -2.40. The second-order valence-electron chi connectivity index (χ2n) is 4.82. The van der Waals surface area contributed by atoms with E-state index in [1.807, 2.05) is 12.1 Å². The molecule has 18 heavy (non-hydrogen) atoms. The smallest absolute Gasteiger partial charge is 0.101 e. The van der Waals surface area contributed by atoms with Crippen LogP contribution in [0.3, 0.4) is 0 Å². The first-order chi connectivity index (χ1) is 8.70. The van der Waals surface area contributed by atoms with E-state index in [1.54, 1.807) is 6.07 Å². The zero-order chi connectivity index (χ0) is 13.0. The molecule has 0 radical (unpaired) electrons. The van der Waals surface area contributed by atoms with E-state index in [-0.39, 0.29) is 0 Å². The maximum Gasteiger partial charge on any atom is 0.101 e. The summed E-state index contributed by atoms with van der Waals surface area (Å²) in [6.45, 7) is 2.11. The number of halogens is 1. The van der Waals surface area contributed by atoms with Gasteiger partial charge in [-0.1, -0.05) is 18.0 Å². The number of nitriles is 1. The van der Waals surface area contributed by atoms with Gasteiger partial charge in [-0.15, -0.1) is 0 Å². The van der Waals surface area contributed by atoms with Crippen LogP contribution >= 0.6 is 11.6 Å². The summed E-state index contributed by atoms with van der Waals surface area (Å²) in [5, 5.41) is 12.7. The number of likely N-dealkylation sites (N-methyl/N-ethyl adjacent to an activating group) is 1. The molecule has 96 valence electrons. The molecule has 1 aliphatic heterocycles. The van der Waals surface area contributed by atoms with Crippen molar-refractivity contribution in [3.63, 3.8) is 0 Å². The number of hydrogen-bond donors (Lipinski definition) is 1. The molecule has 1 aliphatic rings. The van der Waals surface area contributed by atoms with E-state index in [2.05, 4.69) is 23.3 Å². The molecule has 3 nitrogen and oxygen atoms in total. The summed E-state index contributed by atoms with van der Waals surface area (Å²) < 4.78 is 0. The number of anilines is 1. The molecule has 1 atom stereocenters. The highest BCUT2D eigenvalue weighted by atomic mass is 35.5. The van der Waals surface area contributed by atoms with E-state index in [0.717, 1.165) is 12.2 Å². The van der Waals surface area contributed by atoms with Gasteiger partial charge in [-0.25, -0.2) is 0 Å². The van der Waals surface area contributed by atoms with Crippen LogP contribution in [0.2, 0.25) is 5.02 Å². The highest BCUT2D eigenvalue weighted by Crippen LogP contribution is 2.21. The number of hydrogen-bond acceptors (Lipinski definition) is 3. The van der Waals surface area contributed by atoms with Crippen molar-refractivity contribution in [3.05, 3.63) is 28.8 Å². The van der Waals surface area contributed by atoms with Crippen molar-refractivity contribution in [1.29, 1.82) is 5.26 Å². The van der Waals surface area contributed by atoms with Gasteiger partial charge in [0.15, 0.2) is 0 Å². The Labute approximate surface area is 113 Å². The summed E-state index contributed by atoms with van der Waals surface area (Å²) in [5.74, 6) is 0. The van der Waals surface area contributed by atoms with Crippen LogP contribution in [-0.2, 0) is 0 Å². The van der Waals surface area contributed by atoms with Crippen molar-refractivity contribution in [1.82, 2.24) is 4.90 Å². The molecule has 0 saturated carbocycles. The summed E-state index contributed by atoms with van der Waals surface area (Å²) in [6, 6.07) is 8.15. The van der Waals surface area contributed by atoms with Crippen LogP contribution in [0.25, 0.3) is 0 Å². The average molecular weight is 264 g/mol. The van der Waals surface area contributed by atoms with Gasteiger partial charge in [0.2, 0.25) is 0 Å². The molecule has 0 spiro atoms. The first kappa shape index (κ1) is 13.2. The van der Waals surface area contributed by atoms with E-state index >= 15 is 0 Å². The number of nitrogens with zero attached hydrogens (tertiary/aromatic N) is 2. The maximum atomic E-state index is 8.82. The maximum absolute atomic E-state index is 8.82. The lowest BCUT2D eigenvalue weighted by atomic mass is 10.0. The van der Waals surface area contributed by atoms with Crippen molar-refractivity contribution >= 4 is 17.3 Å². The Morgan fingerprint density at radius 3 is 3.00 bits per heavy atom. The SMILES string of the molecule is CN1CCCCC1CNc1ccc(C#N)c(Cl)c1. The van der Waals surface area contributed by atoms with Crippen molar-refractivity contribution < 1.29 is 0 Å². The number of nitrogens with one attached hydrogen (secondary N) is 1. The minimum absolute atomic E-state index is 0.513. The van der Waals surface area contributed by atoms with Gasteiger partial charge in [0, 0.05) is 18.3 Å². The Kier molecular flexibility index (Phi) is 4.46. The fraction of sp³-hybridized carbons (Fsp3) is 0.500. The second kappa shape index (κ2) is 6.08. The van der Waals surface area contributed by atoms with E-state index in [9.17, 15) is 0 Å². The molecule has 1 fully saturated rings. The van der Waals surface area contributed by atoms with Crippen LogP contribution < -0.4 is 5.32 Å². The van der Waals surface area contributed by atoms with Gasteiger partial charge >= 0.3 is 0 Å². The third-order valence-corrected chi connectivity index (χ3v) is 3.87. The van der Waals surface area contributed by atoms with Crippen molar-refractivity contribution in [2.75, 3.05) is 25.5 Å². The molecular weight excluding hydrogens is 246 g/mol. The molecule has 4 heteroatoms. The molecule has 0 aliphatic carbocycles. The normalized spacial score (nSPS) is 20.4. The van der Waals surface area contributed by atoms with Crippen LogP contribution in [-0.4, -0.2) is 31.1 Å². The molecule has 1 aromatic rings. The monoisotopic (exact) mass is 263 g/mol. The van der Waals surface area contributed by atoms with Crippen LogP contribution in [0.15, 0.2) is 18.2 Å². The highest BCUT2D eigenvalue weighted by molar-refractivity contribution is 6.32. The lowest BCUT2D eigenvalue weighted by molar-refractivity contribution is 0.194. The van der Waals surface area contributed by atoms with Gasteiger partial charge < -0.3 is 10.2 Å². The zero-order valence-electron chi connectivity index (χ0n) is 10.6. The van der Waals surface area contributed by atoms with Crippen molar-refractivity contribution in [2.45, 2.75) is 25.3 Å². The van der Waals surface area contributed by atoms with Gasteiger partial charge in [0.1, 0.15) is 6.07 Å². The molecule has 1 aromatic carbocycles. The summed E-state index contributed by atoms with van der Waals surface area (Å²) in [5.41, 5.74) is 1.51. The van der Waals surface area contributed by atoms with E-state index in [1.165, 1.54) is 25.8 Å². The first-order valence-electron chi connectivity index (χ1n) is 6.34. The van der Waals surface area contributed by atoms with Gasteiger partial charge in [0.25, 0.3) is 0 Å². The Morgan fingerprint density at radius 2 is 2.33 bits per heavy atom. The van der Waals surface area contributed by atoms with E-state index in [0.29, 0.717) is 16.6 Å². The van der Waals surface area contributed by atoms with Gasteiger partial charge in [0.05, 0.1) is 10.6 Å². The third kappa shape index (κ3) is 3.16. The summed E-state index contributed by atoms with van der Waals surface area (Å²) in [7, 11) is 2.18. The van der Waals surface area contributed by atoms with Crippen LogP contribution in [0.1, 0.15) is 24.8 Å². The largest absolute Gasteiger partial charge is 0.383 e. The van der Waals surface area contributed by atoms with Crippen LogP contribution in [0, 0.1) is 11.3 Å². The average Bonchev–Trinajstić information content (AvgIpc) is 2.38. The fourth-order valence-corrected chi connectivity index (χ4v) is 2.58. The van der Waals surface area contributed by atoms with Crippen molar-refractivity contribution in [2.24, 2.45) is 0 Å². The Balaban J connectivity index is 1.94. The Bertz CT molecular complexity index is 453. The molecule has 0 aromatic heterocycles. The summed E-state index contributed by atoms with van der Waals surface area (Å²) in [6.07, 6.45) is 3.86. The Hall–Kier alpha value is -1.24. The topological polar surface area (TPSA) is 39.1 Å². The predicted octanol–water partition coefficient (Wildman–Crippen LogP) is 3.11. The minimum Gasteiger partial charge on any atom is -0.383 e. The summed E-state index contributed by atoms with van der Waals surface area (Å²) >= 11 is 6.01. The lowest BCUT2D eigenvalue weighted by Gasteiger charge is -2.32. The number of likely N-dealkylation sites (tertiary alicyclic amines) is 1. The minimum atomic E-state index is 0.513. The van der Waals surface area contributed by atoms with Crippen LogP contribution in [0.5, 0.6) is 0 Å². The fourth-order valence-electron chi connectivity index (χ4n) is 2.35. The van der Waals surface area contributed by atoms with E-state index in [4.69, 9.17) is 16.9 Å². The summed E-state index contributed by atoms with van der Waals surface area (Å²) in [4.78, 5) is 2.40. The molecular formula is C14H18ClN3. The molecule has 1 heterocycles. The highest BCUT2D eigenvalue weighted by Gasteiger charge is 2.18. The molecule has 1 N–H and O–H groups in total. The molecule has 1 saturated heterocycles. The molecule has 1 unspecified atom stereocenters. The first-order valence-corrected chi connectivity index (χ1v) is 6.72. The number of rotatable bonds is 3. The number of piperidine rings is 1. The Morgan fingerprint density at radius 1 is 1.50 bits per heavy atom. The molecule has 0 amide bonds. The predicted molar refractivity (Wildman–Crippen MR) is 74.9 cm³/mol. The second-order valence-corrected chi connectivity index (χ2v) is 5.22. The standard InChI is InChI=1S/C14H18ClN3/c1-18-7-3-2-4-13(18)10-17-12-6-5-11(9-16)14(15)8-12/h5-6,8,13,17H,2-4,7,10H2,1H3. The molecule has 0 bridgehead atoms. The zero-order valence-corrected chi connectivity index (χ0v) is 11.4. The van der Waals surface area contributed by atoms with Crippen LogP contribution in [0.4, 0.5) is 5.69 Å². The van der Waals surface area contributed by atoms with Crippen molar-refractivity contribution in [3.8, 4) is 6.07 Å². The number of benzene rings is 1. The van der Waals surface area contributed by atoms with Gasteiger partial charge in [-0.3, -0.25) is 0 Å².